The molecule has 7 nitrogen and oxygen atoms in total. The lowest BCUT2D eigenvalue weighted by molar-refractivity contribution is 0.826. The van der Waals surface area contributed by atoms with E-state index in [4.69, 9.17) is 0 Å². The van der Waals surface area contributed by atoms with E-state index in [1.54, 1.807) is 31.6 Å². The summed E-state index contributed by atoms with van der Waals surface area (Å²) in [6.45, 7) is 0. The first-order valence-corrected chi connectivity index (χ1v) is 5.53. The van der Waals surface area contributed by atoms with Crippen molar-refractivity contribution in [3.8, 4) is 11.4 Å². The van der Waals surface area contributed by atoms with Crippen LogP contribution < -0.4 is 11.2 Å². The van der Waals surface area contributed by atoms with E-state index in [1.165, 1.54) is 10.8 Å². The molecule has 3 rings (SSSR count). The second kappa shape index (κ2) is 4.13. The number of fused-ring (bicyclic) bond motifs is 1. The number of aryl methyl sites for hydroxylation is 1. The van der Waals surface area contributed by atoms with Gasteiger partial charge in [-0.15, -0.1) is 0 Å². The SMILES string of the molecule is Cn1c(=O)[nH]c(=O)c2cnc(-c3cccnc3)nc21. The zero-order chi connectivity index (χ0) is 13.4. The molecule has 0 aliphatic carbocycles. The molecule has 0 fully saturated rings. The monoisotopic (exact) mass is 255 g/mol. The zero-order valence-electron chi connectivity index (χ0n) is 9.99. The van der Waals surface area contributed by atoms with Crippen molar-refractivity contribution >= 4 is 11.0 Å². The summed E-state index contributed by atoms with van der Waals surface area (Å²) in [7, 11) is 1.54. The van der Waals surface area contributed by atoms with Gasteiger partial charge in [-0.25, -0.2) is 14.8 Å². The highest BCUT2D eigenvalue weighted by molar-refractivity contribution is 5.74. The van der Waals surface area contributed by atoms with E-state index in [0.29, 0.717) is 11.5 Å². The van der Waals surface area contributed by atoms with Gasteiger partial charge < -0.3 is 0 Å². The van der Waals surface area contributed by atoms with Crippen molar-refractivity contribution in [1.82, 2.24) is 24.5 Å². The van der Waals surface area contributed by atoms with Gasteiger partial charge in [-0.05, 0) is 12.1 Å². The summed E-state index contributed by atoms with van der Waals surface area (Å²) >= 11 is 0. The number of aromatic amines is 1. The van der Waals surface area contributed by atoms with Gasteiger partial charge in [0.05, 0.1) is 0 Å². The number of H-pyrrole nitrogens is 1. The summed E-state index contributed by atoms with van der Waals surface area (Å²) in [4.78, 5) is 37.7. The Bertz CT molecular complexity index is 867. The standard InChI is InChI=1S/C12H9N5O2/c1-17-10-8(11(18)16-12(17)19)6-14-9(15-10)7-3-2-4-13-5-7/h2-6H,1H3,(H,16,18,19). The van der Waals surface area contributed by atoms with Crippen LogP contribution in [0.15, 0.2) is 40.3 Å². The van der Waals surface area contributed by atoms with Gasteiger partial charge in [0.2, 0.25) is 0 Å². The van der Waals surface area contributed by atoms with Crippen LogP contribution in [0.4, 0.5) is 0 Å². The van der Waals surface area contributed by atoms with Crippen molar-refractivity contribution in [3.05, 3.63) is 51.6 Å². The highest BCUT2D eigenvalue weighted by atomic mass is 16.2. The second-order valence-electron chi connectivity index (χ2n) is 3.99. The fraction of sp³-hybridized carbons (Fsp3) is 0.0833. The number of nitrogens with one attached hydrogen (secondary N) is 1. The zero-order valence-corrected chi connectivity index (χ0v) is 9.99. The minimum Gasteiger partial charge on any atom is -0.281 e. The minimum atomic E-state index is -0.506. The van der Waals surface area contributed by atoms with Crippen LogP contribution >= 0.6 is 0 Å². The van der Waals surface area contributed by atoms with Crippen molar-refractivity contribution in [2.45, 2.75) is 0 Å². The average Bonchev–Trinajstić information content (AvgIpc) is 2.45. The largest absolute Gasteiger partial charge is 0.329 e. The topological polar surface area (TPSA) is 93.5 Å². The first-order chi connectivity index (χ1) is 9.16. The van der Waals surface area contributed by atoms with Crippen LogP contribution in [0.5, 0.6) is 0 Å². The molecule has 0 aliphatic rings. The molecule has 94 valence electrons. The molecule has 7 heteroatoms. The van der Waals surface area contributed by atoms with Crippen LogP contribution in [0.3, 0.4) is 0 Å². The maximum absolute atomic E-state index is 11.6. The summed E-state index contributed by atoms with van der Waals surface area (Å²) in [6, 6.07) is 3.57. The minimum absolute atomic E-state index is 0.273. The van der Waals surface area contributed by atoms with Crippen LogP contribution in [0.2, 0.25) is 0 Å². The molecule has 0 aliphatic heterocycles. The maximum atomic E-state index is 11.6. The number of nitrogens with zero attached hydrogens (tertiary/aromatic N) is 4. The third-order valence-electron chi connectivity index (χ3n) is 2.78. The molecule has 0 saturated heterocycles. The van der Waals surface area contributed by atoms with Gasteiger partial charge in [0.25, 0.3) is 5.56 Å². The molecule has 3 aromatic rings. The summed E-state index contributed by atoms with van der Waals surface area (Å²) in [5, 5.41) is 0.273. The maximum Gasteiger partial charge on any atom is 0.329 e. The third-order valence-corrected chi connectivity index (χ3v) is 2.78. The van der Waals surface area contributed by atoms with Crippen molar-refractivity contribution in [2.75, 3.05) is 0 Å². The number of aromatic nitrogens is 5. The molecule has 19 heavy (non-hydrogen) atoms. The van der Waals surface area contributed by atoms with Crippen LogP contribution in [-0.2, 0) is 7.05 Å². The highest BCUT2D eigenvalue weighted by Gasteiger charge is 2.09. The lowest BCUT2D eigenvalue weighted by Gasteiger charge is -2.04. The van der Waals surface area contributed by atoms with E-state index in [2.05, 4.69) is 19.9 Å². The van der Waals surface area contributed by atoms with E-state index >= 15 is 0 Å². The van der Waals surface area contributed by atoms with Crippen LogP contribution in [0.1, 0.15) is 0 Å². The molecule has 0 radical (unpaired) electrons. The average molecular weight is 255 g/mol. The molecule has 0 bridgehead atoms. The molecule has 0 atom stereocenters. The smallest absolute Gasteiger partial charge is 0.281 e. The third kappa shape index (κ3) is 1.81. The number of pyridine rings is 1. The summed E-state index contributed by atoms with van der Waals surface area (Å²) in [5.41, 5.74) is 0.0175. The van der Waals surface area contributed by atoms with Gasteiger partial charge in [-0.3, -0.25) is 19.3 Å². The molecule has 0 amide bonds. The second-order valence-corrected chi connectivity index (χ2v) is 3.99. The van der Waals surface area contributed by atoms with Gasteiger partial charge >= 0.3 is 5.69 Å². The lowest BCUT2D eigenvalue weighted by atomic mass is 10.2. The Balaban J connectivity index is 2.36. The van der Waals surface area contributed by atoms with Crippen molar-refractivity contribution in [2.24, 2.45) is 7.05 Å². The quantitative estimate of drug-likeness (QED) is 0.664. The van der Waals surface area contributed by atoms with Crippen molar-refractivity contribution in [1.29, 1.82) is 0 Å². The fourth-order valence-corrected chi connectivity index (χ4v) is 1.77. The van der Waals surface area contributed by atoms with Crippen molar-refractivity contribution in [3.63, 3.8) is 0 Å². The normalized spacial score (nSPS) is 10.8. The Labute approximate surface area is 106 Å². The summed E-state index contributed by atoms with van der Waals surface area (Å²) in [5.74, 6) is 0.418. The fourth-order valence-electron chi connectivity index (χ4n) is 1.77. The van der Waals surface area contributed by atoms with Crippen LogP contribution in [-0.4, -0.2) is 24.5 Å². The van der Waals surface area contributed by atoms with Gasteiger partial charge in [0.1, 0.15) is 5.39 Å². The van der Waals surface area contributed by atoms with E-state index in [1.807, 2.05) is 0 Å². The molecule has 3 aromatic heterocycles. The number of hydrogen-bond acceptors (Lipinski definition) is 5. The molecule has 1 N–H and O–H groups in total. The number of hydrogen-bond donors (Lipinski definition) is 1. The first-order valence-electron chi connectivity index (χ1n) is 5.53. The highest BCUT2D eigenvalue weighted by Crippen LogP contribution is 2.14. The molecule has 0 unspecified atom stereocenters. The Morgan fingerprint density at radius 2 is 2.11 bits per heavy atom. The Hall–Kier alpha value is -2.83. The Kier molecular flexibility index (Phi) is 2.45. The van der Waals surface area contributed by atoms with E-state index in [0.717, 1.165) is 5.56 Å². The Morgan fingerprint density at radius 1 is 1.26 bits per heavy atom. The van der Waals surface area contributed by atoms with Gasteiger partial charge in [-0.2, -0.15) is 0 Å². The molecule has 3 heterocycles. The lowest BCUT2D eigenvalue weighted by Crippen LogP contribution is -2.29. The van der Waals surface area contributed by atoms with E-state index in [9.17, 15) is 9.59 Å². The van der Waals surface area contributed by atoms with Crippen molar-refractivity contribution < 1.29 is 0 Å². The molecule has 0 aromatic carbocycles. The molecular formula is C12H9N5O2. The van der Waals surface area contributed by atoms with Crippen LogP contribution in [0, 0.1) is 0 Å². The predicted octanol–water partition coefficient (Wildman–Crippen LogP) is 0.0788. The molecule has 0 spiro atoms. The van der Waals surface area contributed by atoms with E-state index in [-0.39, 0.29) is 5.39 Å². The number of rotatable bonds is 1. The van der Waals surface area contributed by atoms with E-state index < -0.39 is 11.2 Å². The van der Waals surface area contributed by atoms with Gasteiger partial charge in [0.15, 0.2) is 11.5 Å². The predicted molar refractivity (Wildman–Crippen MR) is 68.6 cm³/mol. The summed E-state index contributed by atoms with van der Waals surface area (Å²) < 4.78 is 1.28. The molecule has 0 saturated carbocycles. The van der Waals surface area contributed by atoms with Gasteiger partial charge in [-0.1, -0.05) is 0 Å². The summed E-state index contributed by atoms with van der Waals surface area (Å²) in [6.07, 6.45) is 4.67. The van der Waals surface area contributed by atoms with Crippen LogP contribution in [0.25, 0.3) is 22.4 Å². The molecular weight excluding hydrogens is 246 g/mol. The Morgan fingerprint density at radius 3 is 2.84 bits per heavy atom. The van der Waals surface area contributed by atoms with Gasteiger partial charge in [0, 0.05) is 31.2 Å². The first kappa shape index (κ1) is 11.3.